The van der Waals surface area contributed by atoms with Crippen LogP contribution in [0.15, 0.2) is 65.6 Å². The first-order chi connectivity index (χ1) is 22.2. The number of anilines is 1. The molecule has 3 aromatic carbocycles. The first-order valence-electron chi connectivity index (χ1n) is 14.5. The van der Waals surface area contributed by atoms with Crippen LogP contribution in [0.1, 0.15) is 17.5 Å². The van der Waals surface area contributed by atoms with Crippen LogP contribution in [-0.4, -0.2) is 83.0 Å². The van der Waals surface area contributed by atoms with Crippen LogP contribution >= 0.6 is 47.2 Å². The van der Waals surface area contributed by atoms with Gasteiger partial charge in [-0.3, -0.25) is 24.2 Å². The lowest BCUT2D eigenvalue weighted by molar-refractivity contribution is -0.136. The molecule has 0 saturated carbocycles. The molecule has 3 aromatic rings. The third-order valence-corrected chi connectivity index (χ3v) is 9.22. The van der Waals surface area contributed by atoms with Gasteiger partial charge in [0.15, 0.2) is 0 Å². The highest BCUT2D eigenvalue weighted by Gasteiger charge is 2.32. The van der Waals surface area contributed by atoms with Crippen LogP contribution in [0.5, 0.6) is 5.75 Å². The zero-order valence-corrected chi connectivity index (χ0v) is 27.8. The largest absolute Gasteiger partial charge is 0.492 e. The number of ether oxygens (including phenoxy) is 2. The number of hydrogen-bond acceptors (Lipinski definition) is 8. The highest BCUT2D eigenvalue weighted by atomic mass is 35.5. The number of benzene rings is 3. The van der Waals surface area contributed by atoms with Crippen LogP contribution in [0, 0.1) is 0 Å². The maximum Gasteiger partial charge on any atom is 0.307 e. The molecule has 9 nitrogen and oxygen atoms in total. The summed E-state index contributed by atoms with van der Waals surface area (Å²) < 4.78 is 12.0. The van der Waals surface area contributed by atoms with Crippen molar-refractivity contribution in [2.24, 2.45) is 0 Å². The Kier molecular flexibility index (Phi) is 11.7. The van der Waals surface area contributed by atoms with E-state index >= 15 is 0 Å². The molecular weight excluding hydrogens is 669 g/mol. The Morgan fingerprint density at radius 2 is 1.85 bits per heavy atom. The number of aliphatic carboxylic acids is 1. The molecule has 2 saturated heterocycles. The molecule has 0 atom stereocenters. The van der Waals surface area contributed by atoms with Gasteiger partial charge in [0.25, 0.3) is 5.91 Å². The lowest BCUT2D eigenvalue weighted by Gasteiger charge is -2.26. The van der Waals surface area contributed by atoms with Gasteiger partial charge < -0.3 is 19.9 Å². The number of nitrogens with zero attached hydrogens (tertiary/aromatic N) is 2. The van der Waals surface area contributed by atoms with Gasteiger partial charge in [-0.2, -0.15) is 0 Å². The van der Waals surface area contributed by atoms with Gasteiger partial charge in [0.1, 0.15) is 16.7 Å². The number of carboxylic acid groups (broad SMARTS) is 1. The van der Waals surface area contributed by atoms with E-state index in [1.54, 1.807) is 42.5 Å². The average Bonchev–Trinajstić information content (AvgIpc) is 3.28. The topological polar surface area (TPSA) is 108 Å². The molecule has 13 heteroatoms. The second-order valence-electron chi connectivity index (χ2n) is 10.6. The number of halogens is 2. The average molecular weight is 701 g/mol. The van der Waals surface area contributed by atoms with Crippen LogP contribution in [0.3, 0.4) is 0 Å². The lowest BCUT2D eigenvalue weighted by Crippen LogP contribution is -2.38. The smallest absolute Gasteiger partial charge is 0.307 e. The fraction of sp³-hybridized carbons (Fsp3) is 0.273. The van der Waals surface area contributed by atoms with Gasteiger partial charge in [-0.25, -0.2) is 0 Å². The Labute approximate surface area is 286 Å². The molecule has 240 valence electrons. The number of carboxylic acids is 1. The molecule has 46 heavy (non-hydrogen) atoms. The summed E-state index contributed by atoms with van der Waals surface area (Å²) in [6, 6.07) is 17.6. The van der Waals surface area contributed by atoms with Gasteiger partial charge in [-0.15, -0.1) is 0 Å². The molecule has 2 N–H and O–H groups in total. The molecule has 2 fully saturated rings. The van der Waals surface area contributed by atoms with E-state index < -0.39 is 5.97 Å². The van der Waals surface area contributed by atoms with Gasteiger partial charge >= 0.3 is 5.97 Å². The van der Waals surface area contributed by atoms with Crippen molar-refractivity contribution in [3.63, 3.8) is 0 Å². The number of amides is 2. The van der Waals surface area contributed by atoms with E-state index in [9.17, 15) is 14.4 Å². The Bertz CT molecular complexity index is 1680. The lowest BCUT2D eigenvalue weighted by atomic mass is 10.0. The highest BCUT2D eigenvalue weighted by Crippen LogP contribution is 2.39. The molecule has 2 heterocycles. The van der Waals surface area contributed by atoms with E-state index in [2.05, 4.69) is 10.2 Å². The summed E-state index contributed by atoms with van der Waals surface area (Å²) in [6.07, 6.45) is 1.63. The third-order valence-electron chi connectivity index (χ3n) is 7.29. The van der Waals surface area contributed by atoms with E-state index in [4.69, 9.17) is 50.0 Å². The Balaban J connectivity index is 1.27. The maximum absolute atomic E-state index is 13.3. The van der Waals surface area contributed by atoms with Gasteiger partial charge in [-0.05, 0) is 53.6 Å². The van der Waals surface area contributed by atoms with Crippen LogP contribution < -0.4 is 10.1 Å². The summed E-state index contributed by atoms with van der Waals surface area (Å²) in [5.41, 5.74) is 3.31. The zero-order chi connectivity index (χ0) is 32.6. The summed E-state index contributed by atoms with van der Waals surface area (Å²) in [6.45, 7) is 4.50. The Morgan fingerprint density at radius 3 is 2.61 bits per heavy atom. The van der Waals surface area contributed by atoms with Crippen molar-refractivity contribution in [3.8, 4) is 16.9 Å². The standard InChI is InChI=1S/C33H31Cl2N3O6S2/c34-23-5-6-25(27(35)20-23)26-17-22(4-7-28(26)44-15-12-37-10-13-43-14-11-37)18-29-32(42)38(33(45)46-29)9-8-30(39)36-24-3-1-2-21(16-24)19-31(40)41/h1-7,16-18,20H,8-15,19H2,(H,36,39)(H,40,41)/b29-18-. The molecule has 0 aliphatic carbocycles. The number of hydrogen-bond donors (Lipinski definition) is 2. The van der Waals surface area contributed by atoms with Crippen molar-refractivity contribution in [1.29, 1.82) is 0 Å². The van der Waals surface area contributed by atoms with Crippen molar-refractivity contribution in [2.75, 3.05) is 51.3 Å². The van der Waals surface area contributed by atoms with E-state index in [1.165, 1.54) is 16.7 Å². The normalized spacial score (nSPS) is 16.2. The maximum atomic E-state index is 13.3. The van der Waals surface area contributed by atoms with Crippen LogP contribution in [0.4, 0.5) is 5.69 Å². The minimum Gasteiger partial charge on any atom is -0.492 e. The van der Waals surface area contributed by atoms with Gasteiger partial charge in [0.2, 0.25) is 5.91 Å². The third kappa shape index (κ3) is 9.09. The molecular formula is C33H31Cl2N3O6S2. The molecule has 0 unspecified atom stereocenters. The van der Waals surface area contributed by atoms with Crippen molar-refractivity contribution in [1.82, 2.24) is 9.80 Å². The summed E-state index contributed by atoms with van der Waals surface area (Å²) in [7, 11) is 0. The zero-order valence-electron chi connectivity index (χ0n) is 24.7. The summed E-state index contributed by atoms with van der Waals surface area (Å²) >= 11 is 19.4. The summed E-state index contributed by atoms with van der Waals surface area (Å²) in [5.74, 6) is -0.913. The fourth-order valence-electron chi connectivity index (χ4n) is 5.01. The van der Waals surface area contributed by atoms with E-state index in [1.807, 2.05) is 24.3 Å². The van der Waals surface area contributed by atoms with E-state index in [0.29, 0.717) is 56.1 Å². The molecule has 0 radical (unpaired) electrons. The van der Waals surface area contributed by atoms with Crippen LogP contribution in [0.25, 0.3) is 17.2 Å². The minimum atomic E-state index is -0.959. The molecule has 0 bridgehead atoms. The SMILES string of the molecule is O=C(O)Cc1cccc(NC(=O)CCN2C(=O)/C(=C/c3ccc(OCCN4CCOCC4)c(-c4ccc(Cl)cc4Cl)c3)SC2=S)c1. The second kappa shape index (κ2) is 15.9. The van der Waals surface area contributed by atoms with Crippen LogP contribution in [0.2, 0.25) is 10.0 Å². The van der Waals surface area contributed by atoms with Gasteiger partial charge in [0.05, 0.1) is 29.6 Å². The number of carbonyl (C=O) groups is 3. The number of thioether (sulfide) groups is 1. The molecule has 5 rings (SSSR count). The van der Waals surface area contributed by atoms with Crippen molar-refractivity contribution >= 4 is 81.0 Å². The molecule has 2 aliphatic heterocycles. The minimum absolute atomic E-state index is 0.0125. The first kappa shape index (κ1) is 33.9. The number of thiocarbonyl (C=S) groups is 1. The van der Waals surface area contributed by atoms with E-state index in [-0.39, 0.29) is 31.2 Å². The Hall–Kier alpha value is -3.45. The first-order valence-corrected chi connectivity index (χ1v) is 16.5. The summed E-state index contributed by atoms with van der Waals surface area (Å²) in [5, 5.41) is 12.8. The van der Waals surface area contributed by atoms with Gasteiger partial charge in [0, 0.05) is 54.4 Å². The molecule has 2 amide bonds. The van der Waals surface area contributed by atoms with E-state index in [0.717, 1.165) is 36.3 Å². The number of carbonyl (C=O) groups excluding carboxylic acids is 2. The number of rotatable bonds is 12. The number of nitrogens with one attached hydrogen (secondary N) is 1. The van der Waals surface area contributed by atoms with Crippen molar-refractivity contribution in [3.05, 3.63) is 86.7 Å². The quantitative estimate of drug-likeness (QED) is 0.168. The fourth-order valence-corrected chi connectivity index (χ4v) is 6.82. The predicted octanol–water partition coefficient (Wildman–Crippen LogP) is 6.23. The molecule has 2 aliphatic rings. The van der Waals surface area contributed by atoms with Gasteiger partial charge in [-0.1, -0.05) is 71.4 Å². The second-order valence-corrected chi connectivity index (χ2v) is 13.1. The van der Waals surface area contributed by atoms with Crippen LogP contribution in [-0.2, 0) is 25.5 Å². The monoisotopic (exact) mass is 699 g/mol. The molecule has 0 spiro atoms. The predicted molar refractivity (Wildman–Crippen MR) is 186 cm³/mol. The summed E-state index contributed by atoms with van der Waals surface area (Å²) in [4.78, 5) is 41.1. The highest BCUT2D eigenvalue weighted by molar-refractivity contribution is 8.26. The Morgan fingerprint density at radius 1 is 1.04 bits per heavy atom. The molecule has 0 aromatic heterocycles. The van der Waals surface area contributed by atoms with Crippen molar-refractivity contribution in [2.45, 2.75) is 12.8 Å². The number of morpholine rings is 1. The van der Waals surface area contributed by atoms with Crippen molar-refractivity contribution < 1.29 is 29.0 Å².